The summed E-state index contributed by atoms with van der Waals surface area (Å²) >= 11 is 6.22. The molecule has 0 aliphatic carbocycles. The van der Waals surface area contributed by atoms with E-state index in [2.05, 4.69) is 31.9 Å². The van der Waals surface area contributed by atoms with E-state index < -0.39 is 5.82 Å². The molecule has 0 saturated heterocycles. The van der Waals surface area contributed by atoms with E-state index in [1.54, 1.807) is 0 Å². The fraction of sp³-hybridized carbons (Fsp3) is 0. The minimum Gasteiger partial charge on any atom is -0.298 e. The number of benzene rings is 1. The summed E-state index contributed by atoms with van der Waals surface area (Å²) in [5, 5.41) is 0. The van der Waals surface area contributed by atoms with E-state index in [9.17, 15) is 9.18 Å². The Morgan fingerprint density at radius 2 is 2.00 bits per heavy atom. The van der Waals surface area contributed by atoms with E-state index in [4.69, 9.17) is 0 Å². The first-order chi connectivity index (χ1) is 5.16. The van der Waals surface area contributed by atoms with E-state index in [1.807, 2.05) is 0 Å². The van der Waals surface area contributed by atoms with Crippen molar-refractivity contribution in [2.75, 3.05) is 0 Å². The molecule has 0 aromatic heterocycles. The summed E-state index contributed by atoms with van der Waals surface area (Å²) in [6.45, 7) is 0. The maximum Gasteiger partial charge on any atom is 0.154 e. The van der Waals surface area contributed by atoms with Crippen LogP contribution < -0.4 is 0 Å². The van der Waals surface area contributed by atoms with Crippen LogP contribution in [0.15, 0.2) is 21.1 Å². The maximum absolute atomic E-state index is 12.7. The van der Waals surface area contributed by atoms with E-state index in [1.165, 1.54) is 12.1 Å². The quantitative estimate of drug-likeness (QED) is 0.571. The van der Waals surface area contributed by atoms with Gasteiger partial charge in [-0.2, -0.15) is 0 Å². The van der Waals surface area contributed by atoms with Crippen LogP contribution in [-0.2, 0) is 0 Å². The van der Waals surface area contributed by atoms with Crippen molar-refractivity contribution in [2.45, 2.75) is 0 Å². The SMILES string of the molecule is O=Cc1c(F)ccc(Br)c1Br. The summed E-state index contributed by atoms with van der Waals surface area (Å²) < 4.78 is 13.9. The van der Waals surface area contributed by atoms with Crippen molar-refractivity contribution < 1.29 is 9.18 Å². The van der Waals surface area contributed by atoms with E-state index in [0.29, 0.717) is 15.2 Å². The summed E-state index contributed by atoms with van der Waals surface area (Å²) in [5.41, 5.74) is 0.0411. The van der Waals surface area contributed by atoms with Crippen LogP contribution in [0, 0.1) is 5.82 Å². The standard InChI is InChI=1S/C7H3Br2FO/c8-5-1-2-6(10)4(3-11)7(5)9/h1-3H. The molecule has 0 unspecified atom stereocenters. The molecule has 0 aliphatic heterocycles. The van der Waals surface area contributed by atoms with Gasteiger partial charge >= 0.3 is 0 Å². The van der Waals surface area contributed by atoms with Crippen molar-refractivity contribution in [1.29, 1.82) is 0 Å². The Kier molecular flexibility index (Phi) is 2.78. The molecule has 1 aromatic carbocycles. The van der Waals surface area contributed by atoms with Crippen LogP contribution in [-0.4, -0.2) is 6.29 Å². The molecule has 11 heavy (non-hydrogen) atoms. The number of hydrogen-bond donors (Lipinski definition) is 0. The molecule has 0 N–H and O–H groups in total. The van der Waals surface area contributed by atoms with Crippen molar-refractivity contribution in [3.63, 3.8) is 0 Å². The molecule has 0 heterocycles. The Balaban J connectivity index is 3.40. The zero-order valence-corrected chi connectivity index (χ0v) is 8.45. The van der Waals surface area contributed by atoms with E-state index in [-0.39, 0.29) is 5.56 Å². The van der Waals surface area contributed by atoms with Gasteiger partial charge in [-0.05, 0) is 44.0 Å². The van der Waals surface area contributed by atoms with Crippen molar-refractivity contribution in [1.82, 2.24) is 0 Å². The van der Waals surface area contributed by atoms with Gasteiger partial charge in [0.2, 0.25) is 0 Å². The average molecular weight is 282 g/mol. The van der Waals surface area contributed by atoms with Crippen LogP contribution in [0.5, 0.6) is 0 Å². The Labute approximate surface area is 79.9 Å². The Hall–Kier alpha value is -0.220. The molecule has 0 aliphatic rings. The highest BCUT2D eigenvalue weighted by atomic mass is 79.9. The smallest absolute Gasteiger partial charge is 0.154 e. The van der Waals surface area contributed by atoms with Crippen molar-refractivity contribution in [3.8, 4) is 0 Å². The van der Waals surface area contributed by atoms with E-state index >= 15 is 0 Å². The molecule has 4 heteroatoms. The van der Waals surface area contributed by atoms with Gasteiger partial charge < -0.3 is 0 Å². The lowest BCUT2D eigenvalue weighted by Gasteiger charge is -1.99. The number of carbonyl (C=O) groups is 1. The normalized spacial score (nSPS) is 9.73. The molecule has 0 radical (unpaired) electrons. The Bertz CT molecular complexity index is 299. The third-order valence-corrected chi connectivity index (χ3v) is 3.24. The summed E-state index contributed by atoms with van der Waals surface area (Å²) in [4.78, 5) is 10.3. The van der Waals surface area contributed by atoms with Crippen molar-refractivity contribution in [2.24, 2.45) is 0 Å². The fourth-order valence-corrected chi connectivity index (χ4v) is 1.41. The molecule has 0 amide bonds. The molecule has 1 aromatic rings. The summed E-state index contributed by atoms with van der Waals surface area (Å²) in [5.74, 6) is -0.518. The molecular weight excluding hydrogens is 279 g/mol. The van der Waals surface area contributed by atoms with Crippen molar-refractivity contribution >= 4 is 38.1 Å². The molecule has 1 rings (SSSR count). The molecule has 1 nitrogen and oxygen atoms in total. The Morgan fingerprint density at radius 3 is 2.45 bits per heavy atom. The number of aldehydes is 1. The summed E-state index contributed by atoms with van der Waals surface area (Å²) in [6, 6.07) is 2.77. The largest absolute Gasteiger partial charge is 0.298 e. The van der Waals surface area contributed by atoms with Gasteiger partial charge in [0, 0.05) is 8.95 Å². The lowest BCUT2D eigenvalue weighted by atomic mass is 10.2. The highest BCUT2D eigenvalue weighted by Gasteiger charge is 2.07. The van der Waals surface area contributed by atoms with Crippen LogP contribution in [0.2, 0.25) is 0 Å². The Morgan fingerprint density at radius 1 is 1.36 bits per heavy atom. The molecule has 0 fully saturated rings. The number of halogens is 3. The highest BCUT2D eigenvalue weighted by Crippen LogP contribution is 2.27. The molecule has 0 saturated carbocycles. The second-order valence-corrected chi connectivity index (χ2v) is 3.52. The van der Waals surface area contributed by atoms with Crippen LogP contribution in [0.25, 0.3) is 0 Å². The van der Waals surface area contributed by atoms with Gasteiger partial charge in [0.05, 0.1) is 5.56 Å². The second kappa shape index (κ2) is 3.45. The summed E-state index contributed by atoms with van der Waals surface area (Å²) in [6.07, 6.45) is 0.476. The number of carbonyl (C=O) groups excluding carboxylic acids is 1. The third kappa shape index (κ3) is 1.68. The number of rotatable bonds is 1. The zero-order valence-electron chi connectivity index (χ0n) is 5.27. The lowest BCUT2D eigenvalue weighted by molar-refractivity contribution is 0.111. The fourth-order valence-electron chi connectivity index (χ4n) is 0.651. The van der Waals surface area contributed by atoms with Crippen LogP contribution in [0.3, 0.4) is 0 Å². The second-order valence-electron chi connectivity index (χ2n) is 1.87. The first-order valence-corrected chi connectivity index (χ1v) is 4.34. The van der Waals surface area contributed by atoms with Gasteiger partial charge in [-0.15, -0.1) is 0 Å². The van der Waals surface area contributed by atoms with Crippen LogP contribution >= 0.6 is 31.9 Å². The topological polar surface area (TPSA) is 17.1 Å². The van der Waals surface area contributed by atoms with Crippen LogP contribution in [0.4, 0.5) is 4.39 Å². The maximum atomic E-state index is 12.7. The predicted molar refractivity (Wildman–Crippen MR) is 47.2 cm³/mol. The van der Waals surface area contributed by atoms with E-state index in [0.717, 1.165) is 0 Å². The minimum atomic E-state index is -0.518. The minimum absolute atomic E-state index is 0.0411. The van der Waals surface area contributed by atoms with Gasteiger partial charge in [0.25, 0.3) is 0 Å². The first kappa shape index (κ1) is 8.87. The van der Waals surface area contributed by atoms with Crippen LogP contribution in [0.1, 0.15) is 10.4 Å². The van der Waals surface area contributed by atoms with Gasteiger partial charge in [0.1, 0.15) is 5.82 Å². The molecule has 58 valence electrons. The average Bonchev–Trinajstić information content (AvgIpc) is 1.99. The first-order valence-electron chi connectivity index (χ1n) is 2.75. The lowest BCUT2D eigenvalue weighted by Crippen LogP contribution is -1.89. The summed E-state index contributed by atoms with van der Waals surface area (Å²) in [7, 11) is 0. The molecule has 0 bridgehead atoms. The third-order valence-electron chi connectivity index (χ3n) is 1.20. The zero-order chi connectivity index (χ0) is 8.43. The highest BCUT2D eigenvalue weighted by molar-refractivity contribution is 9.13. The molecular formula is C7H3Br2FO. The van der Waals surface area contributed by atoms with Gasteiger partial charge in [-0.3, -0.25) is 4.79 Å². The predicted octanol–water partition coefficient (Wildman–Crippen LogP) is 3.16. The molecule has 0 atom stereocenters. The molecule has 0 spiro atoms. The van der Waals surface area contributed by atoms with Gasteiger partial charge in [-0.1, -0.05) is 0 Å². The monoisotopic (exact) mass is 280 g/mol. The van der Waals surface area contributed by atoms with Gasteiger partial charge in [0.15, 0.2) is 6.29 Å². The number of hydrogen-bond acceptors (Lipinski definition) is 1. The van der Waals surface area contributed by atoms with Crippen molar-refractivity contribution in [3.05, 3.63) is 32.5 Å². The van der Waals surface area contributed by atoms with Gasteiger partial charge in [-0.25, -0.2) is 4.39 Å².